The van der Waals surface area contributed by atoms with E-state index in [1.165, 1.54) is 12.4 Å². The Hall–Kier alpha value is -3.05. The summed E-state index contributed by atoms with van der Waals surface area (Å²) < 4.78 is 64.6. The van der Waals surface area contributed by atoms with E-state index < -0.39 is 24.8 Å². The van der Waals surface area contributed by atoms with Gasteiger partial charge in [-0.15, -0.1) is 0 Å². The van der Waals surface area contributed by atoms with Crippen LogP contribution in [0.3, 0.4) is 0 Å². The molecule has 2 N–H and O–H groups in total. The fourth-order valence-corrected chi connectivity index (χ4v) is 4.47. The maximum atomic E-state index is 13.1. The quantitative estimate of drug-likeness (QED) is 0.474. The molecule has 0 atom stereocenters. The van der Waals surface area contributed by atoms with Crippen molar-refractivity contribution >= 4 is 23.5 Å². The molecule has 178 valence electrons. The Balaban J connectivity index is 1.47. The molecule has 2 fully saturated rings. The van der Waals surface area contributed by atoms with Crippen molar-refractivity contribution in [3.05, 3.63) is 35.4 Å². The van der Waals surface area contributed by atoms with E-state index >= 15 is 0 Å². The van der Waals surface area contributed by atoms with Crippen molar-refractivity contribution < 1.29 is 22.0 Å². The van der Waals surface area contributed by atoms with Crippen LogP contribution < -0.4 is 15.1 Å². The van der Waals surface area contributed by atoms with Crippen molar-refractivity contribution in [2.45, 2.75) is 32.4 Å². The number of aryl methyl sites for hydroxylation is 1. The van der Waals surface area contributed by atoms with Gasteiger partial charge in [0.05, 0.1) is 12.7 Å². The zero-order chi connectivity index (χ0) is 23.8. The third-order valence-corrected chi connectivity index (χ3v) is 6.14. The highest BCUT2D eigenvalue weighted by atomic mass is 19.4. The van der Waals surface area contributed by atoms with E-state index in [4.69, 9.17) is 5.41 Å². The van der Waals surface area contributed by atoms with Crippen LogP contribution in [0.15, 0.2) is 18.5 Å². The smallest absolute Gasteiger partial charge is 0.370 e. The normalized spacial score (nSPS) is 17.5. The topological polar surface area (TPSA) is 81.0 Å². The van der Waals surface area contributed by atoms with Crippen LogP contribution in [0.5, 0.6) is 0 Å². The number of rotatable bonds is 7. The van der Waals surface area contributed by atoms with Gasteiger partial charge in [0.25, 0.3) is 6.43 Å². The van der Waals surface area contributed by atoms with Gasteiger partial charge in [-0.1, -0.05) is 6.92 Å². The number of halogens is 5. The molecular weight excluding hydrogens is 445 g/mol. The first-order valence-electron chi connectivity index (χ1n) is 10.6. The zero-order valence-electron chi connectivity index (χ0n) is 18.0. The van der Waals surface area contributed by atoms with Crippen LogP contribution in [0.2, 0.25) is 0 Å². The Morgan fingerprint density at radius 3 is 2.55 bits per heavy atom. The third-order valence-electron chi connectivity index (χ3n) is 6.14. The molecule has 2 saturated heterocycles. The van der Waals surface area contributed by atoms with E-state index in [9.17, 15) is 22.0 Å². The first kappa shape index (κ1) is 23.1. The lowest BCUT2D eigenvalue weighted by molar-refractivity contribution is -0.141. The van der Waals surface area contributed by atoms with Gasteiger partial charge in [0.15, 0.2) is 5.82 Å². The van der Waals surface area contributed by atoms with Gasteiger partial charge in [0, 0.05) is 49.7 Å². The third kappa shape index (κ3) is 4.69. The molecule has 0 aliphatic carbocycles. The van der Waals surface area contributed by atoms with Crippen molar-refractivity contribution in [1.29, 1.82) is 5.41 Å². The average Bonchev–Trinajstić information content (AvgIpc) is 3.21. The number of alkyl halides is 5. The molecule has 4 rings (SSSR count). The summed E-state index contributed by atoms with van der Waals surface area (Å²) in [4.78, 5) is 16.1. The number of nitrogens with one attached hydrogen (secondary N) is 2. The molecule has 2 aromatic heterocycles. The van der Waals surface area contributed by atoms with E-state index in [1.54, 1.807) is 0 Å². The lowest BCUT2D eigenvalue weighted by Crippen LogP contribution is -2.58. The maximum Gasteiger partial charge on any atom is 0.433 e. The second-order valence-electron chi connectivity index (χ2n) is 8.46. The molecule has 2 aliphatic heterocycles. The Bertz CT molecular complexity index is 1020. The van der Waals surface area contributed by atoms with Crippen LogP contribution in [0, 0.1) is 10.8 Å². The van der Waals surface area contributed by atoms with Gasteiger partial charge in [-0.25, -0.2) is 18.7 Å². The molecular formula is C21H24F5N7. The van der Waals surface area contributed by atoms with Gasteiger partial charge in [0.2, 0.25) is 0 Å². The molecule has 0 unspecified atom stereocenters. The number of pyridine rings is 1. The summed E-state index contributed by atoms with van der Waals surface area (Å²) in [7, 11) is 0. The molecule has 33 heavy (non-hydrogen) atoms. The molecule has 2 aromatic rings. The second kappa shape index (κ2) is 8.71. The van der Waals surface area contributed by atoms with E-state index in [2.05, 4.69) is 20.3 Å². The fraction of sp³-hybridized carbons (Fsp3) is 0.524. The summed E-state index contributed by atoms with van der Waals surface area (Å²) in [6, 6.07) is 1.13. The van der Waals surface area contributed by atoms with Gasteiger partial charge in [-0.05, 0) is 24.5 Å². The minimum Gasteiger partial charge on any atom is -0.370 e. The minimum absolute atomic E-state index is 0.0921. The fourth-order valence-electron chi connectivity index (χ4n) is 4.47. The number of nitrogens with zero attached hydrogens (tertiary/aromatic N) is 5. The maximum absolute atomic E-state index is 13.1. The number of aromatic nitrogens is 3. The van der Waals surface area contributed by atoms with Gasteiger partial charge >= 0.3 is 6.18 Å². The molecule has 7 nitrogen and oxygen atoms in total. The highest BCUT2D eigenvalue weighted by Crippen LogP contribution is 2.44. The molecule has 0 amide bonds. The molecule has 2 aliphatic rings. The average molecular weight is 469 g/mol. The molecule has 1 spiro atoms. The zero-order valence-corrected chi connectivity index (χ0v) is 18.0. The highest BCUT2D eigenvalue weighted by molar-refractivity contribution is 5.81. The monoisotopic (exact) mass is 469 g/mol. The van der Waals surface area contributed by atoms with Gasteiger partial charge < -0.3 is 20.5 Å². The van der Waals surface area contributed by atoms with Gasteiger partial charge in [0.1, 0.15) is 17.2 Å². The Kier molecular flexibility index (Phi) is 6.10. The molecule has 0 saturated carbocycles. The number of hydrogen-bond acceptors (Lipinski definition) is 7. The second-order valence-corrected chi connectivity index (χ2v) is 8.46. The standard InChI is InChI=1S/C21H24F5N7/c1-2-13-7-29-16(21(24,25)26)5-15(13)33-11-20(12-33)3-4-32(10-20)18-9-28-14(6-27)19(31-18)30-8-17(22)23/h5-7,9,17,27H,2-4,8,10-12H2,1H3,(H,30,31). The summed E-state index contributed by atoms with van der Waals surface area (Å²) >= 11 is 0. The van der Waals surface area contributed by atoms with Crippen LogP contribution in [-0.4, -0.2) is 60.3 Å². The summed E-state index contributed by atoms with van der Waals surface area (Å²) in [6.07, 6.45) is -1.88. The first-order chi connectivity index (χ1) is 15.6. The SMILES string of the molecule is CCc1cnc(C(F)(F)F)cc1N1CC2(CCN(c3cnc(C=N)c(NCC(F)F)n3)C2)C1. The molecule has 12 heteroatoms. The van der Waals surface area contributed by atoms with Crippen LogP contribution in [0.25, 0.3) is 0 Å². The molecule has 4 heterocycles. The summed E-state index contributed by atoms with van der Waals surface area (Å²) in [5.74, 6) is 0.647. The molecule has 0 bridgehead atoms. The van der Waals surface area contributed by atoms with E-state index in [1.807, 2.05) is 16.7 Å². The van der Waals surface area contributed by atoms with Gasteiger partial charge in [-0.2, -0.15) is 13.2 Å². The van der Waals surface area contributed by atoms with Gasteiger partial charge in [-0.3, -0.25) is 4.98 Å². The van der Waals surface area contributed by atoms with Crippen LogP contribution in [-0.2, 0) is 12.6 Å². The van der Waals surface area contributed by atoms with E-state index in [-0.39, 0.29) is 16.9 Å². The van der Waals surface area contributed by atoms with Crippen molar-refractivity contribution in [2.75, 3.05) is 47.8 Å². The number of hydrogen-bond donors (Lipinski definition) is 2. The Morgan fingerprint density at radius 1 is 1.18 bits per heavy atom. The summed E-state index contributed by atoms with van der Waals surface area (Å²) in [5, 5.41) is 9.92. The lowest BCUT2D eigenvalue weighted by atomic mass is 9.78. The lowest BCUT2D eigenvalue weighted by Gasteiger charge is -2.50. The Labute approximate surface area is 187 Å². The van der Waals surface area contributed by atoms with Crippen LogP contribution >= 0.6 is 0 Å². The number of anilines is 3. The Morgan fingerprint density at radius 2 is 1.91 bits per heavy atom. The summed E-state index contributed by atoms with van der Waals surface area (Å²) in [5.41, 5.74) is 0.529. The van der Waals surface area contributed by atoms with E-state index in [0.29, 0.717) is 44.1 Å². The van der Waals surface area contributed by atoms with Crippen molar-refractivity contribution in [2.24, 2.45) is 5.41 Å². The largest absolute Gasteiger partial charge is 0.433 e. The summed E-state index contributed by atoms with van der Waals surface area (Å²) in [6.45, 7) is 3.82. The van der Waals surface area contributed by atoms with E-state index in [0.717, 1.165) is 24.3 Å². The predicted molar refractivity (Wildman–Crippen MR) is 115 cm³/mol. The first-order valence-corrected chi connectivity index (χ1v) is 10.6. The molecule has 0 radical (unpaired) electrons. The predicted octanol–water partition coefficient (Wildman–Crippen LogP) is 3.84. The van der Waals surface area contributed by atoms with Crippen molar-refractivity contribution in [3.8, 4) is 0 Å². The highest BCUT2D eigenvalue weighted by Gasteiger charge is 2.49. The molecule has 0 aromatic carbocycles. The van der Waals surface area contributed by atoms with Crippen molar-refractivity contribution in [1.82, 2.24) is 15.0 Å². The van der Waals surface area contributed by atoms with Crippen molar-refractivity contribution in [3.63, 3.8) is 0 Å². The van der Waals surface area contributed by atoms with Crippen LogP contribution in [0.1, 0.15) is 30.3 Å². The minimum atomic E-state index is -4.49. The van der Waals surface area contributed by atoms with Crippen LogP contribution in [0.4, 0.5) is 39.3 Å².